The van der Waals surface area contributed by atoms with Crippen LogP contribution in [0.3, 0.4) is 0 Å². The van der Waals surface area contributed by atoms with Crippen molar-refractivity contribution in [2.75, 3.05) is 74.4 Å². The fourth-order valence-corrected chi connectivity index (χ4v) is 3.17. The van der Waals surface area contributed by atoms with Crippen LogP contribution in [0.5, 0.6) is 0 Å². The second kappa shape index (κ2) is 10.6. The van der Waals surface area contributed by atoms with E-state index in [1.54, 1.807) is 0 Å². The lowest BCUT2D eigenvalue weighted by atomic mass is 10.1. The van der Waals surface area contributed by atoms with E-state index in [4.69, 9.17) is 19.8 Å². The number of alkyl halides is 3. The van der Waals surface area contributed by atoms with Crippen LogP contribution in [-0.4, -0.2) is 91.8 Å². The molecule has 0 saturated carbocycles. The molecule has 0 radical (unpaired) electrons. The first kappa shape index (κ1) is 25.8. The van der Waals surface area contributed by atoms with Crippen LogP contribution in [0.15, 0.2) is 12.3 Å². The van der Waals surface area contributed by atoms with Crippen LogP contribution in [0.4, 0.5) is 30.9 Å². The fourth-order valence-electron chi connectivity index (χ4n) is 3.17. The first-order valence-electron chi connectivity index (χ1n) is 10.1. The Balaban J connectivity index is 0.000000588. The molecule has 2 aromatic rings. The van der Waals surface area contributed by atoms with E-state index in [2.05, 4.69) is 19.9 Å². The Bertz CT molecular complexity index is 1050. The van der Waals surface area contributed by atoms with Gasteiger partial charge >= 0.3 is 6.18 Å². The molecule has 0 atom stereocenters. The lowest BCUT2D eigenvalue weighted by Crippen LogP contribution is -2.40. The summed E-state index contributed by atoms with van der Waals surface area (Å²) in [5.41, 5.74) is 4.32. The van der Waals surface area contributed by atoms with Gasteiger partial charge in [-0.15, -0.1) is 0 Å². The zero-order valence-corrected chi connectivity index (χ0v) is 19.0. The molecule has 0 unspecified atom stereocenters. The van der Waals surface area contributed by atoms with E-state index >= 15 is 0 Å². The maximum Gasteiger partial charge on any atom is 0.417 e. The van der Waals surface area contributed by atoms with Crippen LogP contribution < -0.4 is 15.5 Å². The van der Waals surface area contributed by atoms with Gasteiger partial charge in [0.2, 0.25) is 11.9 Å². The predicted molar refractivity (Wildman–Crippen MR) is 116 cm³/mol. The van der Waals surface area contributed by atoms with Gasteiger partial charge in [0.1, 0.15) is 5.82 Å². The van der Waals surface area contributed by atoms with Crippen LogP contribution in [0.1, 0.15) is 5.56 Å². The summed E-state index contributed by atoms with van der Waals surface area (Å²) in [6, 6.07) is 0.794. The normalized spacial score (nSPS) is 17.2. The summed E-state index contributed by atoms with van der Waals surface area (Å²) in [7, 11) is -3.67. The van der Waals surface area contributed by atoms with Crippen LogP contribution in [0.25, 0.3) is 11.4 Å². The summed E-state index contributed by atoms with van der Waals surface area (Å²) in [6.45, 7) is 4.12. The third kappa shape index (κ3) is 7.34. The number of hydrogen-bond acceptors (Lipinski definition) is 11. The Labute approximate surface area is 193 Å². The second-order valence-electron chi connectivity index (χ2n) is 7.34. The van der Waals surface area contributed by atoms with E-state index in [0.29, 0.717) is 70.8 Å². The van der Waals surface area contributed by atoms with Crippen molar-refractivity contribution in [2.24, 2.45) is 0 Å². The monoisotopic (exact) mass is 507 g/mol. The number of nitrogens with two attached hydrogens (primary N) is 1. The van der Waals surface area contributed by atoms with Crippen LogP contribution in [-0.2, 0) is 25.8 Å². The molecule has 0 bridgehead atoms. The average Bonchev–Trinajstić information content (AvgIpc) is 2.78. The Morgan fingerprint density at radius 1 is 0.971 bits per heavy atom. The van der Waals surface area contributed by atoms with Crippen molar-refractivity contribution >= 4 is 27.8 Å². The summed E-state index contributed by atoms with van der Waals surface area (Å²) in [6.07, 6.45) is -2.86. The van der Waals surface area contributed by atoms with E-state index in [1.165, 1.54) is 0 Å². The minimum absolute atomic E-state index is 0.0946. The van der Waals surface area contributed by atoms with Gasteiger partial charge in [-0.2, -0.15) is 36.5 Å². The predicted octanol–water partition coefficient (Wildman–Crippen LogP) is 0.712. The molecule has 3 N–H and O–H groups in total. The molecule has 16 heteroatoms. The van der Waals surface area contributed by atoms with E-state index in [1.807, 2.05) is 9.80 Å². The number of hydrogen-bond donors (Lipinski definition) is 2. The number of rotatable bonds is 3. The van der Waals surface area contributed by atoms with Gasteiger partial charge in [0.05, 0.1) is 43.8 Å². The highest BCUT2D eigenvalue weighted by atomic mass is 32.2. The number of morpholine rings is 2. The SMILES string of the molecule is CS(=O)(=O)O.Nc1cc(C(F)(F)F)c(-c2nc(N3CCOCC3)nc(N3CCOCC3)n2)cn1. The number of pyridine rings is 1. The maximum absolute atomic E-state index is 13.6. The number of halogens is 3. The van der Waals surface area contributed by atoms with Crippen molar-refractivity contribution in [1.29, 1.82) is 0 Å². The Hall–Kier alpha value is -2.82. The highest BCUT2D eigenvalue weighted by Gasteiger charge is 2.35. The lowest BCUT2D eigenvalue weighted by Gasteiger charge is -2.30. The summed E-state index contributed by atoms with van der Waals surface area (Å²) in [5, 5.41) is 0. The first-order chi connectivity index (χ1) is 15.9. The van der Waals surface area contributed by atoms with Crippen molar-refractivity contribution in [3.05, 3.63) is 17.8 Å². The number of nitrogens with zero attached hydrogens (tertiary/aromatic N) is 6. The molecule has 4 heterocycles. The summed E-state index contributed by atoms with van der Waals surface area (Å²) in [4.78, 5) is 20.7. The van der Waals surface area contributed by atoms with Gasteiger partial charge in [-0.3, -0.25) is 4.55 Å². The standard InChI is InChI=1S/C17H20F3N7O2.CH4O3S/c18-17(19,20)12-9-13(21)22-10-11(12)14-23-15(26-1-5-28-6-2-26)25-16(24-14)27-3-7-29-8-4-27;1-5(2,3)4/h9-10H,1-8H2,(H2,21,22);1H3,(H,2,3,4). The van der Waals surface area contributed by atoms with Crippen LogP contribution >= 0.6 is 0 Å². The highest BCUT2D eigenvalue weighted by Crippen LogP contribution is 2.37. The molecular formula is C18H24F3N7O5S. The quantitative estimate of drug-likeness (QED) is 0.562. The Kier molecular flexibility index (Phi) is 8.06. The molecule has 2 aliphatic rings. The van der Waals surface area contributed by atoms with Gasteiger partial charge in [-0.05, 0) is 6.07 Å². The molecule has 0 spiro atoms. The first-order valence-corrected chi connectivity index (χ1v) is 11.9. The van der Waals surface area contributed by atoms with E-state index in [-0.39, 0.29) is 17.2 Å². The number of ether oxygens (including phenoxy) is 2. The Morgan fingerprint density at radius 2 is 1.41 bits per heavy atom. The van der Waals surface area contributed by atoms with Crippen molar-refractivity contribution in [1.82, 2.24) is 19.9 Å². The van der Waals surface area contributed by atoms with Crippen molar-refractivity contribution in [3.63, 3.8) is 0 Å². The van der Waals surface area contributed by atoms with Crippen molar-refractivity contribution in [3.8, 4) is 11.4 Å². The summed E-state index contributed by atoms with van der Waals surface area (Å²) >= 11 is 0. The van der Waals surface area contributed by atoms with Crippen LogP contribution in [0.2, 0.25) is 0 Å². The van der Waals surface area contributed by atoms with Gasteiger partial charge in [-0.25, -0.2) is 4.98 Å². The van der Waals surface area contributed by atoms with Crippen LogP contribution in [0, 0.1) is 0 Å². The maximum atomic E-state index is 13.6. The molecule has 2 aliphatic heterocycles. The van der Waals surface area contributed by atoms with E-state index < -0.39 is 21.9 Å². The molecule has 12 nitrogen and oxygen atoms in total. The van der Waals surface area contributed by atoms with Crippen molar-refractivity contribution in [2.45, 2.75) is 6.18 Å². The molecule has 2 saturated heterocycles. The molecule has 2 aromatic heterocycles. The Morgan fingerprint density at radius 3 is 1.82 bits per heavy atom. The average molecular weight is 507 g/mol. The zero-order valence-electron chi connectivity index (χ0n) is 18.2. The highest BCUT2D eigenvalue weighted by molar-refractivity contribution is 7.85. The smallest absolute Gasteiger partial charge is 0.384 e. The molecule has 0 amide bonds. The van der Waals surface area contributed by atoms with Gasteiger partial charge in [-0.1, -0.05) is 0 Å². The molecule has 4 rings (SSSR count). The van der Waals surface area contributed by atoms with Crippen molar-refractivity contribution < 1.29 is 35.6 Å². The molecule has 188 valence electrons. The third-order valence-electron chi connectivity index (χ3n) is 4.67. The minimum Gasteiger partial charge on any atom is -0.384 e. The summed E-state index contributed by atoms with van der Waals surface area (Å²) < 4.78 is 77.4. The van der Waals surface area contributed by atoms with Gasteiger partial charge in [0, 0.05) is 32.4 Å². The molecular weight excluding hydrogens is 483 g/mol. The largest absolute Gasteiger partial charge is 0.417 e. The lowest BCUT2D eigenvalue weighted by molar-refractivity contribution is -0.137. The number of aromatic nitrogens is 4. The fraction of sp³-hybridized carbons (Fsp3) is 0.556. The van der Waals surface area contributed by atoms with Gasteiger partial charge in [0.25, 0.3) is 10.1 Å². The number of anilines is 3. The topological polar surface area (TPSA) is 157 Å². The molecule has 0 aliphatic carbocycles. The van der Waals surface area contributed by atoms with E-state index in [9.17, 15) is 21.6 Å². The van der Waals surface area contributed by atoms with Gasteiger partial charge < -0.3 is 25.0 Å². The third-order valence-corrected chi connectivity index (χ3v) is 4.67. The molecule has 34 heavy (non-hydrogen) atoms. The van der Waals surface area contributed by atoms with Gasteiger partial charge in [0.15, 0.2) is 5.82 Å². The second-order valence-corrected chi connectivity index (χ2v) is 8.81. The minimum atomic E-state index is -4.63. The zero-order chi connectivity index (χ0) is 24.9. The summed E-state index contributed by atoms with van der Waals surface area (Å²) in [5.74, 6) is 0.300. The van der Waals surface area contributed by atoms with E-state index in [0.717, 1.165) is 12.3 Å². The molecule has 0 aromatic carbocycles. The number of nitrogen functional groups attached to an aromatic ring is 1. The molecule has 2 fully saturated rings.